The summed E-state index contributed by atoms with van der Waals surface area (Å²) in [4.78, 5) is 14.3. The molecule has 0 amide bonds. The molecule has 1 rings (SSSR count). The Labute approximate surface area is 122 Å². The van der Waals surface area contributed by atoms with E-state index in [9.17, 15) is 4.79 Å². The number of hydrogen-bond donors (Lipinski definition) is 1. The minimum Gasteiger partial charge on any atom is -0.497 e. The lowest BCUT2D eigenvalue weighted by Crippen LogP contribution is -2.29. The maximum atomic E-state index is 11.9. The molecule has 4 nitrogen and oxygen atoms in total. The first kappa shape index (κ1) is 16.7. The van der Waals surface area contributed by atoms with Gasteiger partial charge in [0.1, 0.15) is 5.75 Å². The molecule has 0 aliphatic carbocycles. The van der Waals surface area contributed by atoms with Gasteiger partial charge in [0, 0.05) is 5.56 Å². The molecule has 0 spiro atoms. The van der Waals surface area contributed by atoms with Crippen LogP contribution >= 0.6 is 0 Å². The number of benzene rings is 1. The van der Waals surface area contributed by atoms with Crippen molar-refractivity contribution in [1.29, 1.82) is 0 Å². The van der Waals surface area contributed by atoms with Gasteiger partial charge in [0.05, 0.1) is 13.7 Å². The summed E-state index contributed by atoms with van der Waals surface area (Å²) in [6.45, 7) is 8.86. The first-order valence-corrected chi connectivity index (χ1v) is 7.31. The highest BCUT2D eigenvalue weighted by molar-refractivity contribution is 5.97. The highest BCUT2D eigenvalue weighted by Gasteiger charge is 2.05. The van der Waals surface area contributed by atoms with Crippen LogP contribution in [-0.2, 0) is 0 Å². The molecule has 1 N–H and O–H groups in total. The number of carbonyl (C=O) groups is 1. The second-order valence-electron chi connectivity index (χ2n) is 4.71. The molecule has 0 atom stereocenters. The maximum Gasteiger partial charge on any atom is 0.176 e. The van der Waals surface area contributed by atoms with Crippen molar-refractivity contribution in [3.8, 4) is 5.75 Å². The summed E-state index contributed by atoms with van der Waals surface area (Å²) in [7, 11) is 1.62. The Bertz CT molecular complexity index is 386. The van der Waals surface area contributed by atoms with Crippen LogP contribution in [0.4, 0.5) is 0 Å². The zero-order chi connectivity index (χ0) is 14.8. The lowest BCUT2D eigenvalue weighted by molar-refractivity contribution is 0.0991. The lowest BCUT2D eigenvalue weighted by atomic mass is 10.1. The van der Waals surface area contributed by atoms with Gasteiger partial charge in [-0.05, 0) is 56.9 Å². The van der Waals surface area contributed by atoms with Gasteiger partial charge in [-0.2, -0.15) is 0 Å². The topological polar surface area (TPSA) is 41.6 Å². The van der Waals surface area contributed by atoms with Crippen LogP contribution in [0.5, 0.6) is 5.75 Å². The number of methoxy groups -OCH3 is 1. The molecule has 0 saturated heterocycles. The predicted molar refractivity (Wildman–Crippen MR) is 82.6 cm³/mol. The van der Waals surface area contributed by atoms with E-state index in [1.165, 1.54) is 0 Å². The number of nitrogens with one attached hydrogen (secondary N) is 1. The largest absolute Gasteiger partial charge is 0.497 e. The molecule has 4 heteroatoms. The molecule has 0 aromatic heterocycles. The van der Waals surface area contributed by atoms with E-state index in [1.54, 1.807) is 19.2 Å². The normalized spacial score (nSPS) is 10.8. The molecular weight excluding hydrogens is 252 g/mol. The van der Waals surface area contributed by atoms with Crippen LogP contribution in [0.2, 0.25) is 0 Å². The van der Waals surface area contributed by atoms with Crippen LogP contribution in [0.15, 0.2) is 24.3 Å². The number of ether oxygens (including phenoxy) is 1. The number of hydrogen-bond acceptors (Lipinski definition) is 4. The fourth-order valence-corrected chi connectivity index (χ4v) is 2.05. The molecule has 1 aromatic rings. The van der Waals surface area contributed by atoms with Crippen molar-refractivity contribution in [2.24, 2.45) is 0 Å². The van der Waals surface area contributed by atoms with Crippen LogP contribution in [0, 0.1) is 0 Å². The van der Waals surface area contributed by atoms with E-state index >= 15 is 0 Å². The first-order chi connectivity index (χ1) is 9.71. The summed E-state index contributed by atoms with van der Waals surface area (Å²) < 4.78 is 5.07. The zero-order valence-corrected chi connectivity index (χ0v) is 12.8. The third kappa shape index (κ3) is 5.72. The van der Waals surface area contributed by atoms with E-state index < -0.39 is 0 Å². The minimum absolute atomic E-state index is 0.121. The van der Waals surface area contributed by atoms with Gasteiger partial charge in [-0.1, -0.05) is 13.8 Å². The molecule has 0 fully saturated rings. The third-order valence-electron chi connectivity index (χ3n) is 3.42. The second kappa shape index (κ2) is 9.50. The zero-order valence-electron chi connectivity index (χ0n) is 12.8. The fourth-order valence-electron chi connectivity index (χ4n) is 2.05. The second-order valence-corrected chi connectivity index (χ2v) is 4.71. The average Bonchev–Trinajstić information content (AvgIpc) is 2.50. The number of ketones is 1. The van der Waals surface area contributed by atoms with E-state index in [4.69, 9.17) is 4.74 Å². The van der Waals surface area contributed by atoms with Crippen molar-refractivity contribution in [1.82, 2.24) is 10.2 Å². The highest BCUT2D eigenvalue weighted by Crippen LogP contribution is 2.11. The molecule has 0 unspecified atom stereocenters. The van der Waals surface area contributed by atoms with Crippen LogP contribution in [-0.4, -0.2) is 50.5 Å². The van der Waals surface area contributed by atoms with Gasteiger partial charge in [-0.25, -0.2) is 0 Å². The quantitative estimate of drug-likeness (QED) is 0.526. The van der Waals surface area contributed by atoms with E-state index in [0.29, 0.717) is 6.54 Å². The van der Waals surface area contributed by atoms with Crippen molar-refractivity contribution in [3.63, 3.8) is 0 Å². The Morgan fingerprint density at radius 2 is 1.85 bits per heavy atom. The SMILES string of the molecule is CCN(CC)CCCNCC(=O)c1ccc(OC)cc1. The standard InChI is InChI=1S/C16H26N2O2/c1-4-18(5-2)12-6-11-17-13-16(19)14-7-9-15(20-3)10-8-14/h7-10,17H,4-6,11-13H2,1-3H3. The van der Waals surface area contributed by atoms with Gasteiger partial charge in [0.2, 0.25) is 0 Å². The molecule has 0 heterocycles. The summed E-state index contributed by atoms with van der Waals surface area (Å²) >= 11 is 0. The molecule has 0 aliphatic rings. The summed E-state index contributed by atoms with van der Waals surface area (Å²) in [6.07, 6.45) is 1.07. The smallest absolute Gasteiger partial charge is 0.176 e. The van der Waals surface area contributed by atoms with Gasteiger partial charge in [-0.15, -0.1) is 0 Å². The lowest BCUT2D eigenvalue weighted by Gasteiger charge is -2.17. The Balaban J connectivity index is 2.22. The minimum atomic E-state index is 0.121. The van der Waals surface area contributed by atoms with E-state index in [1.807, 2.05) is 12.1 Å². The van der Waals surface area contributed by atoms with Gasteiger partial charge < -0.3 is 15.0 Å². The summed E-state index contributed by atoms with van der Waals surface area (Å²) in [6, 6.07) is 7.23. The van der Waals surface area contributed by atoms with Gasteiger partial charge in [0.25, 0.3) is 0 Å². The Hall–Kier alpha value is -1.39. The van der Waals surface area contributed by atoms with Crippen LogP contribution in [0.1, 0.15) is 30.6 Å². The van der Waals surface area contributed by atoms with E-state index in [-0.39, 0.29) is 5.78 Å². The summed E-state index contributed by atoms with van der Waals surface area (Å²) in [5, 5.41) is 3.21. The third-order valence-corrected chi connectivity index (χ3v) is 3.42. The van der Waals surface area contributed by atoms with Crippen LogP contribution in [0.3, 0.4) is 0 Å². The molecule has 1 aromatic carbocycles. The molecule has 0 radical (unpaired) electrons. The van der Waals surface area contributed by atoms with Crippen molar-refractivity contribution >= 4 is 5.78 Å². The van der Waals surface area contributed by atoms with Crippen molar-refractivity contribution in [2.45, 2.75) is 20.3 Å². The van der Waals surface area contributed by atoms with Crippen LogP contribution < -0.4 is 10.1 Å². The molecule has 0 aliphatic heterocycles. The fraction of sp³-hybridized carbons (Fsp3) is 0.562. The van der Waals surface area contributed by atoms with Crippen molar-refractivity contribution in [2.75, 3.05) is 39.8 Å². The Morgan fingerprint density at radius 3 is 2.40 bits per heavy atom. The molecular formula is C16H26N2O2. The summed E-state index contributed by atoms with van der Waals surface area (Å²) in [5.41, 5.74) is 0.724. The monoisotopic (exact) mass is 278 g/mol. The maximum absolute atomic E-state index is 11.9. The van der Waals surface area contributed by atoms with Gasteiger partial charge >= 0.3 is 0 Å². The molecule has 0 bridgehead atoms. The van der Waals surface area contributed by atoms with E-state index in [2.05, 4.69) is 24.1 Å². The van der Waals surface area contributed by atoms with Crippen LogP contribution in [0.25, 0.3) is 0 Å². The number of rotatable bonds is 10. The predicted octanol–water partition coefficient (Wildman–Crippen LogP) is 2.20. The van der Waals surface area contributed by atoms with Crippen molar-refractivity contribution in [3.05, 3.63) is 29.8 Å². The molecule has 112 valence electrons. The van der Waals surface area contributed by atoms with E-state index in [0.717, 1.165) is 43.9 Å². The number of nitrogens with zero attached hydrogens (tertiary/aromatic N) is 1. The highest BCUT2D eigenvalue weighted by atomic mass is 16.5. The summed E-state index contributed by atoms with van der Waals surface area (Å²) in [5.74, 6) is 0.893. The Kier molecular flexibility index (Phi) is 7.92. The van der Waals surface area contributed by atoms with Gasteiger partial charge in [0.15, 0.2) is 5.78 Å². The molecule has 0 saturated carbocycles. The van der Waals surface area contributed by atoms with Gasteiger partial charge in [-0.3, -0.25) is 4.79 Å². The van der Waals surface area contributed by atoms with Crippen molar-refractivity contribution < 1.29 is 9.53 Å². The first-order valence-electron chi connectivity index (χ1n) is 7.31. The number of Topliss-reactive ketones (excluding diaryl/α,β-unsaturated/α-hetero) is 1. The Morgan fingerprint density at radius 1 is 1.20 bits per heavy atom. The average molecular weight is 278 g/mol. The molecule has 20 heavy (non-hydrogen) atoms. The number of carbonyl (C=O) groups excluding carboxylic acids is 1.